The first-order chi connectivity index (χ1) is 9.07. The average Bonchev–Trinajstić information content (AvgIpc) is 2.70. The summed E-state index contributed by atoms with van der Waals surface area (Å²) in [4.78, 5) is 0. The van der Waals surface area contributed by atoms with E-state index in [-0.39, 0.29) is 0 Å². The van der Waals surface area contributed by atoms with Crippen molar-refractivity contribution in [3.8, 4) is 0 Å². The van der Waals surface area contributed by atoms with Crippen LogP contribution in [0.3, 0.4) is 0 Å². The van der Waals surface area contributed by atoms with Crippen molar-refractivity contribution in [2.75, 3.05) is 39.5 Å². The number of hydrogen-bond acceptors (Lipinski definition) is 3. The molecule has 3 rings (SSSR count). The summed E-state index contributed by atoms with van der Waals surface area (Å²) in [7, 11) is -6.95. The van der Waals surface area contributed by atoms with Gasteiger partial charge in [0.15, 0.2) is 0 Å². The van der Waals surface area contributed by atoms with Gasteiger partial charge in [0.2, 0.25) is 0 Å². The molecule has 3 saturated heterocycles. The Morgan fingerprint density at radius 3 is 1.40 bits per heavy atom. The molecule has 0 radical (unpaired) electrons. The van der Waals surface area contributed by atoms with Gasteiger partial charge in [-0.3, -0.25) is 0 Å². The maximum absolute atomic E-state index is 6.69. The first-order valence-corrected chi connectivity index (χ1v) is 22.6. The van der Waals surface area contributed by atoms with Gasteiger partial charge in [0.1, 0.15) is 0 Å². The number of quaternary nitrogens is 1. The van der Waals surface area contributed by atoms with E-state index >= 15 is 0 Å². The van der Waals surface area contributed by atoms with Gasteiger partial charge in [0.05, 0.1) is 0 Å². The van der Waals surface area contributed by atoms with Crippen LogP contribution < -0.4 is 0 Å². The topological polar surface area (TPSA) is 27.7 Å². The third kappa shape index (κ3) is 1.65. The number of hydrogen-bond donors (Lipinski definition) is 0. The predicted molar refractivity (Wildman–Crippen MR) is 92.3 cm³/mol. The van der Waals surface area contributed by atoms with E-state index in [2.05, 4.69) is 39.3 Å². The van der Waals surface area contributed by atoms with Crippen molar-refractivity contribution in [1.29, 1.82) is 0 Å². The zero-order valence-corrected chi connectivity index (χ0v) is 18.1. The van der Waals surface area contributed by atoms with E-state index < -0.39 is 30.3 Å². The van der Waals surface area contributed by atoms with Crippen molar-refractivity contribution in [3.05, 3.63) is 0 Å². The fourth-order valence-corrected chi connectivity index (χ4v) is 97.2. The molecular weight excluding hydrogens is 318 g/mol. The normalized spacial score (nSPS) is 37.5. The summed E-state index contributed by atoms with van der Waals surface area (Å²) in [6.07, 6.45) is 0. The van der Waals surface area contributed by atoms with Crippen LogP contribution in [0.2, 0.25) is 39.3 Å². The Morgan fingerprint density at radius 1 is 0.750 bits per heavy atom. The summed E-state index contributed by atoms with van der Waals surface area (Å²) in [6.45, 7) is 21.5. The van der Waals surface area contributed by atoms with Crippen LogP contribution in [0.15, 0.2) is 0 Å². The van der Waals surface area contributed by atoms with Crippen molar-refractivity contribution >= 4 is 30.3 Å². The van der Waals surface area contributed by atoms with Gasteiger partial charge in [-0.15, -0.1) is 0 Å². The molecule has 0 aromatic carbocycles. The van der Waals surface area contributed by atoms with Gasteiger partial charge >= 0.3 is 126 Å². The molecule has 0 amide bonds. The standard InChI is InChI=1S/C12H31NO3Si4/c1-18(2,3)17(19(4,5)6)20-13(7-10-14-20,8-11-15-20)9-12-16-20/h17H,7-12H2,1-6H3. The van der Waals surface area contributed by atoms with E-state index in [1.165, 1.54) is 0 Å². The average molecular weight is 350 g/mol. The van der Waals surface area contributed by atoms with Crippen LogP contribution in [0.25, 0.3) is 0 Å². The molecule has 0 unspecified atom stereocenters. The third-order valence-corrected chi connectivity index (χ3v) is 71.0. The second-order valence-electron chi connectivity index (χ2n) is 9.03. The zero-order chi connectivity index (χ0) is 14.9. The Kier molecular flexibility index (Phi) is 3.25. The molecule has 0 N–H and O–H groups in total. The molecule has 3 aliphatic heterocycles. The molecule has 8 heteroatoms. The van der Waals surface area contributed by atoms with Crippen LogP contribution in [-0.4, -0.2) is 73.9 Å². The SMILES string of the molecule is C[Si](C)(C)[SiH]([Si](C)(C)C)[Si-]123OCC[N+]1(CCO2)CCO3. The van der Waals surface area contributed by atoms with Crippen molar-refractivity contribution in [2.45, 2.75) is 39.3 Å². The first-order valence-electron chi connectivity index (χ1n) is 8.02. The second kappa shape index (κ2) is 4.16. The Balaban J connectivity index is 2.23. The molecule has 0 saturated carbocycles. The molecule has 0 aromatic rings. The van der Waals surface area contributed by atoms with Crippen LogP contribution in [0.5, 0.6) is 0 Å². The van der Waals surface area contributed by atoms with E-state index in [0.29, 0.717) is 0 Å². The van der Waals surface area contributed by atoms with Crippen LogP contribution in [-0.2, 0) is 13.3 Å². The van der Waals surface area contributed by atoms with Gasteiger partial charge < -0.3 is 0 Å². The molecule has 0 spiro atoms. The van der Waals surface area contributed by atoms with Crippen LogP contribution in [0, 0.1) is 0 Å². The Hall–Kier alpha value is 0.708. The van der Waals surface area contributed by atoms with Crippen molar-refractivity contribution < 1.29 is 17.4 Å². The summed E-state index contributed by atoms with van der Waals surface area (Å²) >= 11 is 0. The summed E-state index contributed by atoms with van der Waals surface area (Å²) in [5, 5.41) is 0. The van der Waals surface area contributed by atoms with E-state index in [9.17, 15) is 0 Å². The second-order valence-corrected chi connectivity index (χ2v) is 46.9. The van der Waals surface area contributed by atoms with Crippen LogP contribution >= 0.6 is 0 Å². The number of nitrogens with zero attached hydrogens (tertiary/aromatic N) is 1. The van der Waals surface area contributed by atoms with Gasteiger partial charge in [-0.2, -0.15) is 0 Å². The summed E-state index contributed by atoms with van der Waals surface area (Å²) in [6, 6.07) is 0. The van der Waals surface area contributed by atoms with Gasteiger partial charge in [-0.05, 0) is 0 Å². The molecule has 0 aliphatic carbocycles. The molecule has 3 fully saturated rings. The monoisotopic (exact) mass is 349 g/mol. The van der Waals surface area contributed by atoms with E-state index in [0.717, 1.165) is 43.6 Å². The predicted octanol–water partition coefficient (Wildman–Crippen LogP) is 1.42. The fourth-order valence-electron chi connectivity index (χ4n) is 5.97. The Morgan fingerprint density at radius 2 is 1.10 bits per heavy atom. The minimum atomic E-state index is -3.15. The van der Waals surface area contributed by atoms with Crippen LogP contribution in [0.1, 0.15) is 0 Å². The van der Waals surface area contributed by atoms with Crippen molar-refractivity contribution in [1.82, 2.24) is 0 Å². The Bertz CT molecular complexity index is 385. The number of rotatable bonds is 3. The van der Waals surface area contributed by atoms with Crippen LogP contribution in [0.4, 0.5) is 0 Å². The molecular formula is C12H31NO3Si4. The van der Waals surface area contributed by atoms with E-state index in [4.69, 9.17) is 13.3 Å². The van der Waals surface area contributed by atoms with E-state index in [1.807, 2.05) is 0 Å². The molecule has 0 aromatic heterocycles. The molecule has 4 nitrogen and oxygen atoms in total. The molecule has 20 heavy (non-hydrogen) atoms. The third-order valence-electron chi connectivity index (χ3n) is 5.73. The molecule has 118 valence electrons. The van der Waals surface area contributed by atoms with Gasteiger partial charge in [0.25, 0.3) is 0 Å². The fraction of sp³-hybridized carbons (Fsp3) is 1.00. The Labute approximate surface area is 126 Å². The molecule has 0 atom stereocenters. The van der Waals surface area contributed by atoms with Gasteiger partial charge in [-0.25, -0.2) is 0 Å². The molecule has 3 heterocycles. The minimum absolute atomic E-state index is 0.881. The van der Waals surface area contributed by atoms with Gasteiger partial charge in [0, 0.05) is 0 Å². The molecule has 3 aliphatic rings. The first kappa shape index (κ1) is 15.6. The maximum atomic E-state index is 6.69. The molecule has 0 bridgehead atoms. The summed E-state index contributed by atoms with van der Waals surface area (Å²) in [5.74, 6) is 0. The summed E-state index contributed by atoms with van der Waals surface area (Å²) in [5.41, 5.74) is 0. The van der Waals surface area contributed by atoms with Crippen molar-refractivity contribution in [2.24, 2.45) is 0 Å². The van der Waals surface area contributed by atoms with Crippen molar-refractivity contribution in [3.63, 3.8) is 0 Å². The summed E-state index contributed by atoms with van der Waals surface area (Å²) < 4.78 is 21.2. The van der Waals surface area contributed by atoms with Gasteiger partial charge in [-0.1, -0.05) is 0 Å². The van der Waals surface area contributed by atoms with E-state index in [1.54, 1.807) is 0 Å². The quantitative estimate of drug-likeness (QED) is 0.721. The zero-order valence-electron chi connectivity index (χ0n) is 14.0.